The van der Waals surface area contributed by atoms with Crippen molar-refractivity contribution in [1.82, 2.24) is 0 Å². The summed E-state index contributed by atoms with van der Waals surface area (Å²) in [7, 11) is 0. The highest BCUT2D eigenvalue weighted by Crippen LogP contribution is 2.45. The maximum Gasteiger partial charge on any atom is 0.178 e. The Bertz CT molecular complexity index is 1440. The molecule has 0 saturated carbocycles. The van der Waals surface area contributed by atoms with Gasteiger partial charge in [-0.2, -0.15) is 23.5 Å². The van der Waals surface area contributed by atoms with Gasteiger partial charge in [-0.05, 0) is 41.1 Å². The van der Waals surface area contributed by atoms with Crippen LogP contribution in [-0.2, 0) is 15.1 Å². The van der Waals surface area contributed by atoms with Gasteiger partial charge in [-0.3, -0.25) is 0 Å². The molecule has 0 spiro atoms. The highest BCUT2D eigenvalue weighted by molar-refractivity contribution is 7.99. The Labute approximate surface area is 256 Å². The molecule has 0 N–H and O–H groups in total. The summed E-state index contributed by atoms with van der Waals surface area (Å²) in [6.45, 7) is 3.94. The maximum atomic E-state index is 6.94. The van der Waals surface area contributed by atoms with Crippen molar-refractivity contribution in [3.63, 3.8) is 0 Å². The predicted molar refractivity (Wildman–Crippen MR) is 175 cm³/mol. The quantitative estimate of drug-likeness (QED) is 0.237. The molecule has 2 heterocycles. The van der Waals surface area contributed by atoms with Crippen LogP contribution >= 0.6 is 23.5 Å². The van der Waals surface area contributed by atoms with E-state index in [2.05, 4.69) is 84.9 Å². The largest absolute Gasteiger partial charge is 0.489 e. The lowest BCUT2D eigenvalue weighted by Gasteiger charge is -2.36. The van der Waals surface area contributed by atoms with Crippen LogP contribution in [0.2, 0.25) is 0 Å². The van der Waals surface area contributed by atoms with Crippen LogP contribution in [0.3, 0.4) is 0 Å². The van der Waals surface area contributed by atoms with E-state index >= 15 is 0 Å². The summed E-state index contributed by atoms with van der Waals surface area (Å²) in [6, 6.07) is 29.2. The van der Waals surface area contributed by atoms with Crippen molar-refractivity contribution in [1.29, 1.82) is 0 Å². The minimum Gasteiger partial charge on any atom is -0.489 e. The fourth-order valence-corrected chi connectivity index (χ4v) is 6.54. The van der Waals surface area contributed by atoms with Crippen LogP contribution in [0.15, 0.2) is 91.0 Å². The first-order valence-electron chi connectivity index (χ1n) is 14.5. The number of hydrogen-bond donors (Lipinski definition) is 0. The normalized spacial score (nSPS) is 18.3. The van der Waals surface area contributed by atoms with Crippen molar-refractivity contribution in [2.24, 2.45) is 0 Å². The summed E-state index contributed by atoms with van der Waals surface area (Å²) in [6.07, 6.45) is 4.38. The summed E-state index contributed by atoms with van der Waals surface area (Å²) >= 11 is 3.66. The average molecular weight is 601 g/mol. The van der Waals surface area contributed by atoms with Gasteiger partial charge >= 0.3 is 0 Å². The third kappa shape index (κ3) is 6.76. The molecule has 0 bridgehead atoms. The number of benzene rings is 4. The van der Waals surface area contributed by atoms with E-state index in [0.717, 1.165) is 80.9 Å². The minimum absolute atomic E-state index is 0.594. The van der Waals surface area contributed by atoms with E-state index in [9.17, 15) is 0 Å². The van der Waals surface area contributed by atoms with Gasteiger partial charge in [-0.15, -0.1) is 0 Å². The summed E-state index contributed by atoms with van der Waals surface area (Å²) in [5.74, 6) is 6.01. The van der Waals surface area contributed by atoms with Gasteiger partial charge in [0, 0.05) is 39.7 Å². The molecule has 2 aliphatic heterocycles. The lowest BCUT2D eigenvalue weighted by molar-refractivity contribution is 0.0605. The molecular weight excluding hydrogens is 565 g/mol. The van der Waals surface area contributed by atoms with Gasteiger partial charge in [-0.25, -0.2) is 0 Å². The second-order valence-corrected chi connectivity index (χ2v) is 12.5. The topological polar surface area (TPSA) is 46.2 Å². The van der Waals surface area contributed by atoms with Crippen LogP contribution in [0.1, 0.15) is 16.7 Å². The minimum atomic E-state index is -0.713. The molecule has 0 amide bonds. The summed E-state index contributed by atoms with van der Waals surface area (Å²) in [5.41, 5.74) is 2.51. The Morgan fingerprint density at radius 1 is 0.548 bits per heavy atom. The van der Waals surface area contributed by atoms with Crippen LogP contribution in [0.4, 0.5) is 0 Å². The van der Waals surface area contributed by atoms with Crippen LogP contribution in [0.25, 0.3) is 16.8 Å². The first-order chi connectivity index (χ1) is 20.8. The first kappa shape index (κ1) is 29.0. The summed E-state index contributed by atoms with van der Waals surface area (Å²) in [5, 5.41) is 2.17. The molecule has 5 nitrogen and oxygen atoms in total. The van der Waals surface area contributed by atoms with Crippen LogP contribution < -0.4 is 14.2 Å². The van der Waals surface area contributed by atoms with E-state index in [-0.39, 0.29) is 0 Å². The molecule has 0 aliphatic carbocycles. The van der Waals surface area contributed by atoms with Crippen LogP contribution in [0.5, 0.6) is 17.2 Å². The highest BCUT2D eigenvalue weighted by atomic mass is 32.2. The Hall–Kier alpha value is -3.10. The zero-order chi connectivity index (χ0) is 28.5. The van der Waals surface area contributed by atoms with Crippen molar-refractivity contribution in [3.05, 3.63) is 108 Å². The van der Waals surface area contributed by atoms with Crippen molar-refractivity contribution in [2.75, 3.05) is 62.7 Å². The second kappa shape index (κ2) is 14.4. The van der Waals surface area contributed by atoms with Gasteiger partial charge in [0.05, 0.1) is 39.6 Å². The third-order valence-corrected chi connectivity index (χ3v) is 9.15. The average Bonchev–Trinajstić information content (AvgIpc) is 3.04. The van der Waals surface area contributed by atoms with Gasteiger partial charge in [0.2, 0.25) is 0 Å². The monoisotopic (exact) mass is 600 g/mol. The van der Waals surface area contributed by atoms with Gasteiger partial charge in [0.15, 0.2) is 17.1 Å². The second-order valence-electron chi connectivity index (χ2n) is 10.0. The van der Waals surface area contributed by atoms with Crippen molar-refractivity contribution < 1.29 is 23.7 Å². The van der Waals surface area contributed by atoms with Crippen LogP contribution in [-0.4, -0.2) is 62.7 Å². The van der Waals surface area contributed by atoms with Gasteiger partial charge < -0.3 is 23.7 Å². The molecular formula is C35H36O5S2. The Morgan fingerprint density at radius 3 is 1.74 bits per heavy atom. The summed E-state index contributed by atoms with van der Waals surface area (Å²) in [4.78, 5) is 0. The Balaban J connectivity index is 1.31. The number of fused-ring (bicyclic) bond motifs is 4. The number of hydrogen-bond acceptors (Lipinski definition) is 7. The van der Waals surface area contributed by atoms with Gasteiger partial charge in [-0.1, -0.05) is 66.7 Å². The Morgan fingerprint density at radius 2 is 1.12 bits per heavy atom. The van der Waals surface area contributed by atoms with E-state index in [1.165, 1.54) is 0 Å². The van der Waals surface area contributed by atoms with E-state index in [1.807, 2.05) is 35.7 Å². The van der Waals surface area contributed by atoms with Crippen molar-refractivity contribution >= 4 is 40.4 Å². The SMILES string of the molecule is C1=CC(c2ccccc2)(c2ccccc2)Oc2ccc3cc4c(cc3c21)OCCSCCOCCOCCSCCO4. The third-order valence-electron chi connectivity index (χ3n) is 7.33. The molecule has 4 aromatic carbocycles. The van der Waals surface area contributed by atoms with Crippen molar-refractivity contribution in [2.45, 2.75) is 5.60 Å². The molecule has 218 valence electrons. The zero-order valence-corrected chi connectivity index (χ0v) is 25.3. The standard InChI is InChI=1S/C35H36O5S2/c1-3-7-28(8-4-1)35(29-9-5-2-6-10-29)14-13-30-31-26-34-33(25-27(31)11-12-32(30)40-35)38-19-23-41-21-17-36-15-16-37-18-22-42-24-20-39-34/h1-14,25-26H,15-24H2. The fraction of sp³-hybridized carbons (Fsp3) is 0.314. The summed E-state index contributed by atoms with van der Waals surface area (Å²) < 4.78 is 30.9. The van der Waals surface area contributed by atoms with E-state index in [1.54, 1.807) is 0 Å². The van der Waals surface area contributed by atoms with E-state index in [0.29, 0.717) is 26.4 Å². The molecule has 6 rings (SSSR count). The highest BCUT2D eigenvalue weighted by Gasteiger charge is 2.37. The maximum absolute atomic E-state index is 6.94. The molecule has 0 unspecified atom stereocenters. The molecule has 2 aliphatic rings. The van der Waals surface area contributed by atoms with Gasteiger partial charge in [0.1, 0.15) is 5.75 Å². The first-order valence-corrected chi connectivity index (χ1v) is 16.8. The molecule has 7 heteroatoms. The zero-order valence-electron chi connectivity index (χ0n) is 23.7. The number of thioether (sulfide) groups is 2. The van der Waals surface area contributed by atoms with E-state index < -0.39 is 5.60 Å². The smallest absolute Gasteiger partial charge is 0.178 e. The molecule has 0 atom stereocenters. The lowest BCUT2D eigenvalue weighted by atomic mass is 9.83. The fourth-order valence-electron chi connectivity index (χ4n) is 5.26. The Kier molecular flexibility index (Phi) is 9.93. The lowest BCUT2D eigenvalue weighted by Crippen LogP contribution is -2.34. The molecule has 0 radical (unpaired) electrons. The predicted octanol–water partition coefficient (Wildman–Crippen LogP) is 7.46. The molecule has 0 aromatic heterocycles. The van der Waals surface area contributed by atoms with Gasteiger partial charge in [0.25, 0.3) is 0 Å². The number of rotatable bonds is 2. The molecule has 0 fully saturated rings. The number of ether oxygens (including phenoxy) is 5. The molecule has 4 aromatic rings. The molecule has 42 heavy (non-hydrogen) atoms. The van der Waals surface area contributed by atoms with E-state index in [4.69, 9.17) is 23.7 Å². The molecule has 0 saturated heterocycles. The van der Waals surface area contributed by atoms with Crippen molar-refractivity contribution in [3.8, 4) is 17.2 Å². The van der Waals surface area contributed by atoms with Crippen LogP contribution in [0, 0.1) is 0 Å².